The lowest BCUT2D eigenvalue weighted by atomic mass is 10.0. The third kappa shape index (κ3) is 6.04. The normalized spacial score (nSPS) is 17.5. The van der Waals surface area contributed by atoms with Gasteiger partial charge in [-0.25, -0.2) is 4.68 Å². The van der Waals surface area contributed by atoms with E-state index in [2.05, 4.69) is 20.1 Å². The molecule has 2 atom stereocenters. The smallest absolute Gasteiger partial charge is 0.271 e. The minimum absolute atomic E-state index is 0.0503. The highest BCUT2D eigenvalue weighted by molar-refractivity contribution is 5.92. The zero-order chi connectivity index (χ0) is 27.7. The number of carbonyl (C=O) groups is 1. The van der Waals surface area contributed by atoms with Crippen LogP contribution in [0.15, 0.2) is 59.8 Å². The zero-order valence-electron chi connectivity index (χ0n) is 22.8. The number of nitrogens with one attached hydrogen (secondary N) is 1. The van der Waals surface area contributed by atoms with Crippen LogP contribution in [0.25, 0.3) is 10.9 Å². The maximum Gasteiger partial charge on any atom is 0.271 e. The first-order valence-electron chi connectivity index (χ1n) is 13.0. The summed E-state index contributed by atoms with van der Waals surface area (Å²) >= 11 is 0. The molecule has 1 unspecified atom stereocenters. The monoisotopic (exact) mass is 534 g/mol. The van der Waals surface area contributed by atoms with Crippen molar-refractivity contribution in [1.82, 2.24) is 24.1 Å². The second-order valence-electron chi connectivity index (χ2n) is 10.7. The summed E-state index contributed by atoms with van der Waals surface area (Å²) in [6.45, 7) is 8.97. The van der Waals surface area contributed by atoms with Gasteiger partial charge in [0.15, 0.2) is 17.4 Å². The predicted octanol–water partition coefficient (Wildman–Crippen LogP) is 4.10. The molecule has 1 amide bonds. The Bertz CT molecular complexity index is 1530. The topological polar surface area (TPSA) is 114 Å². The summed E-state index contributed by atoms with van der Waals surface area (Å²) in [6.07, 6.45) is 5.57. The molecule has 11 heteroatoms. The number of benzene rings is 1. The Morgan fingerprint density at radius 3 is 2.72 bits per heavy atom. The Balaban J connectivity index is 1.35. The van der Waals surface area contributed by atoms with Gasteiger partial charge in [0.2, 0.25) is 0 Å². The second-order valence-corrected chi connectivity index (χ2v) is 10.7. The lowest BCUT2D eigenvalue weighted by Crippen LogP contribution is -2.35. The van der Waals surface area contributed by atoms with Gasteiger partial charge < -0.3 is 24.1 Å². The van der Waals surface area contributed by atoms with Crippen LogP contribution < -0.4 is 15.6 Å². The van der Waals surface area contributed by atoms with Gasteiger partial charge >= 0.3 is 0 Å². The van der Waals surface area contributed by atoms with Crippen molar-refractivity contribution in [3.05, 3.63) is 65.3 Å². The van der Waals surface area contributed by atoms with Crippen LogP contribution in [0, 0.1) is 5.92 Å². The molecule has 1 N–H and O–H groups in total. The first kappa shape index (κ1) is 26.6. The molecule has 11 nitrogen and oxygen atoms in total. The van der Waals surface area contributed by atoms with Crippen molar-refractivity contribution in [1.29, 1.82) is 0 Å². The molecular formula is C28H34N6O5. The Labute approximate surface area is 226 Å². The van der Waals surface area contributed by atoms with Gasteiger partial charge in [-0.1, -0.05) is 19.9 Å². The van der Waals surface area contributed by atoms with Crippen LogP contribution in [-0.4, -0.2) is 48.5 Å². The number of aryl methyl sites for hydroxylation is 1. The van der Waals surface area contributed by atoms with Crippen molar-refractivity contribution >= 4 is 22.6 Å². The van der Waals surface area contributed by atoms with Crippen LogP contribution in [0.5, 0.6) is 11.5 Å². The van der Waals surface area contributed by atoms with Crippen LogP contribution >= 0.6 is 0 Å². The predicted molar refractivity (Wildman–Crippen MR) is 146 cm³/mol. The van der Waals surface area contributed by atoms with Crippen molar-refractivity contribution in [2.75, 3.05) is 11.9 Å². The molecule has 1 fully saturated rings. The Morgan fingerprint density at radius 1 is 1.23 bits per heavy atom. The summed E-state index contributed by atoms with van der Waals surface area (Å²) in [5.41, 5.74) is 0.547. The van der Waals surface area contributed by atoms with Gasteiger partial charge in [-0.2, -0.15) is 10.2 Å². The standard InChI is InChI=1S/C28H34N6O5/c1-18(2)13-23(27(36)30-25-10-11-32(5)31-25)34-26(35)14-19(15-29-34)38-24-8-6-7-22-21(24)9-12-33(22)16-20-17-37-28(3,4)39-20/h6-12,14-15,18,20,23H,13,16-17H2,1-5H3,(H,30,31,36)/t20-,23?/m1/s1. The van der Waals surface area contributed by atoms with Crippen LogP contribution in [0.2, 0.25) is 0 Å². The molecule has 0 aliphatic carbocycles. The van der Waals surface area contributed by atoms with Gasteiger partial charge in [-0.15, -0.1) is 0 Å². The summed E-state index contributed by atoms with van der Waals surface area (Å²) in [5.74, 6) is 0.530. The lowest BCUT2D eigenvalue weighted by Gasteiger charge is -2.19. The molecule has 1 aromatic carbocycles. The molecule has 4 heterocycles. The second kappa shape index (κ2) is 10.7. The van der Waals surface area contributed by atoms with Gasteiger partial charge in [0.05, 0.1) is 24.9 Å². The van der Waals surface area contributed by atoms with Gasteiger partial charge in [0.25, 0.3) is 11.5 Å². The van der Waals surface area contributed by atoms with Crippen LogP contribution in [0.4, 0.5) is 5.82 Å². The van der Waals surface area contributed by atoms with Crippen molar-refractivity contribution in [2.24, 2.45) is 13.0 Å². The van der Waals surface area contributed by atoms with Gasteiger partial charge in [-0.05, 0) is 44.4 Å². The number of amides is 1. The van der Waals surface area contributed by atoms with Crippen LogP contribution in [0.3, 0.4) is 0 Å². The number of hydrogen-bond donors (Lipinski definition) is 1. The van der Waals surface area contributed by atoms with Gasteiger partial charge in [-0.3, -0.25) is 14.3 Å². The lowest BCUT2D eigenvalue weighted by molar-refractivity contribution is -0.139. The molecule has 0 radical (unpaired) electrons. The minimum Gasteiger partial charge on any atom is -0.455 e. The maximum atomic E-state index is 13.1. The van der Waals surface area contributed by atoms with E-state index in [0.717, 1.165) is 10.9 Å². The molecule has 39 heavy (non-hydrogen) atoms. The van der Waals surface area contributed by atoms with E-state index >= 15 is 0 Å². The number of ether oxygens (including phenoxy) is 3. The third-order valence-electron chi connectivity index (χ3n) is 6.53. The molecule has 5 rings (SSSR count). The van der Waals surface area contributed by atoms with E-state index in [1.54, 1.807) is 24.0 Å². The first-order chi connectivity index (χ1) is 18.6. The summed E-state index contributed by atoms with van der Waals surface area (Å²) in [7, 11) is 1.76. The number of anilines is 1. The van der Waals surface area contributed by atoms with E-state index in [0.29, 0.717) is 36.9 Å². The van der Waals surface area contributed by atoms with Crippen LogP contribution in [-0.2, 0) is 27.9 Å². The van der Waals surface area contributed by atoms with E-state index in [1.807, 2.05) is 58.2 Å². The number of aromatic nitrogens is 5. The van der Waals surface area contributed by atoms with Crippen LogP contribution in [0.1, 0.15) is 40.2 Å². The van der Waals surface area contributed by atoms with E-state index in [4.69, 9.17) is 14.2 Å². The van der Waals surface area contributed by atoms with Crippen molar-refractivity contribution in [2.45, 2.75) is 58.6 Å². The highest BCUT2D eigenvalue weighted by Gasteiger charge is 2.33. The van der Waals surface area contributed by atoms with Crippen molar-refractivity contribution in [3.8, 4) is 11.5 Å². The van der Waals surface area contributed by atoms with E-state index in [1.165, 1.54) is 16.9 Å². The van der Waals surface area contributed by atoms with E-state index in [9.17, 15) is 9.59 Å². The maximum absolute atomic E-state index is 13.1. The Kier molecular flexibility index (Phi) is 7.28. The Hall–Kier alpha value is -3.96. The average molecular weight is 535 g/mol. The molecule has 0 bridgehead atoms. The number of carbonyl (C=O) groups excluding carboxylic acids is 1. The quantitative estimate of drug-likeness (QED) is 0.344. The molecule has 1 aliphatic rings. The molecule has 1 saturated heterocycles. The fourth-order valence-corrected chi connectivity index (χ4v) is 4.79. The van der Waals surface area contributed by atoms with Crippen molar-refractivity contribution < 1.29 is 19.0 Å². The first-order valence-corrected chi connectivity index (χ1v) is 13.0. The van der Waals surface area contributed by atoms with Crippen molar-refractivity contribution in [3.63, 3.8) is 0 Å². The zero-order valence-corrected chi connectivity index (χ0v) is 22.8. The number of rotatable bonds is 9. The fraction of sp³-hybridized carbons (Fsp3) is 0.429. The highest BCUT2D eigenvalue weighted by Crippen LogP contribution is 2.31. The minimum atomic E-state index is -0.794. The fourth-order valence-electron chi connectivity index (χ4n) is 4.79. The largest absolute Gasteiger partial charge is 0.455 e. The molecule has 3 aromatic heterocycles. The molecule has 4 aromatic rings. The SMILES string of the molecule is CC(C)CC(C(=O)Nc1ccn(C)n1)n1ncc(Oc2cccc3c2ccn3C[C@@H]2COC(C)(C)O2)cc1=O. The van der Waals surface area contributed by atoms with E-state index in [-0.39, 0.29) is 17.9 Å². The van der Waals surface area contributed by atoms with E-state index < -0.39 is 17.4 Å². The number of hydrogen-bond acceptors (Lipinski definition) is 7. The molecule has 0 spiro atoms. The molecule has 0 saturated carbocycles. The molecule has 1 aliphatic heterocycles. The summed E-state index contributed by atoms with van der Waals surface area (Å²) in [6, 6.07) is 9.99. The summed E-state index contributed by atoms with van der Waals surface area (Å²) in [5, 5.41) is 12.2. The third-order valence-corrected chi connectivity index (χ3v) is 6.53. The number of fused-ring (bicyclic) bond motifs is 1. The number of nitrogens with zero attached hydrogens (tertiary/aromatic N) is 5. The molecular weight excluding hydrogens is 500 g/mol. The van der Waals surface area contributed by atoms with Gasteiger partial charge in [0.1, 0.15) is 17.9 Å². The highest BCUT2D eigenvalue weighted by atomic mass is 16.7. The summed E-state index contributed by atoms with van der Waals surface area (Å²) in [4.78, 5) is 26.2. The summed E-state index contributed by atoms with van der Waals surface area (Å²) < 4.78 is 22.7. The Morgan fingerprint density at radius 2 is 2.05 bits per heavy atom. The molecule has 206 valence electrons. The van der Waals surface area contributed by atoms with Gasteiger partial charge in [0, 0.05) is 37.0 Å². The average Bonchev–Trinajstić information content (AvgIpc) is 3.57.